The number of benzene rings is 1. The van der Waals surface area contributed by atoms with Crippen LogP contribution in [0.1, 0.15) is 13.3 Å². The molecule has 4 nitrogen and oxygen atoms in total. The van der Waals surface area contributed by atoms with Crippen molar-refractivity contribution < 1.29 is 14.3 Å². The zero-order valence-corrected chi connectivity index (χ0v) is 12.7. The van der Waals surface area contributed by atoms with Crippen LogP contribution in [0.2, 0.25) is 5.02 Å². The molecule has 1 aliphatic heterocycles. The van der Waals surface area contributed by atoms with Gasteiger partial charge in [-0.3, -0.25) is 9.59 Å². The Labute approximate surface area is 127 Å². The highest BCUT2D eigenvalue weighted by atomic mass is 35.5. The lowest BCUT2D eigenvalue weighted by Crippen LogP contribution is -2.30. The van der Waals surface area contributed by atoms with Gasteiger partial charge in [0.25, 0.3) is 0 Å². The third-order valence-electron chi connectivity index (χ3n) is 2.97. The van der Waals surface area contributed by atoms with Crippen LogP contribution in [-0.4, -0.2) is 40.9 Å². The predicted octanol–water partition coefficient (Wildman–Crippen LogP) is 2.60. The lowest BCUT2D eigenvalue weighted by molar-refractivity contribution is -0.128. The van der Waals surface area contributed by atoms with Gasteiger partial charge in [0, 0.05) is 25.1 Å². The van der Waals surface area contributed by atoms with E-state index in [-0.39, 0.29) is 16.3 Å². The normalized spacial score (nSPS) is 18.4. The Kier molecular flexibility index (Phi) is 5.31. The first-order valence-corrected chi connectivity index (χ1v) is 7.64. The average molecular weight is 314 g/mol. The number of amides is 1. The number of halogens is 1. The fourth-order valence-electron chi connectivity index (χ4n) is 2.09. The van der Waals surface area contributed by atoms with E-state index in [0.717, 1.165) is 0 Å². The van der Waals surface area contributed by atoms with Crippen molar-refractivity contribution in [2.75, 3.05) is 19.7 Å². The van der Waals surface area contributed by atoms with Crippen molar-refractivity contribution in [3.05, 3.63) is 29.3 Å². The zero-order valence-electron chi connectivity index (χ0n) is 11.2. The Bertz CT molecular complexity index is 509. The first-order chi connectivity index (χ1) is 9.56. The summed E-state index contributed by atoms with van der Waals surface area (Å²) >= 11 is 7.22. The van der Waals surface area contributed by atoms with Crippen LogP contribution >= 0.6 is 23.4 Å². The van der Waals surface area contributed by atoms with Gasteiger partial charge >= 0.3 is 0 Å². The summed E-state index contributed by atoms with van der Waals surface area (Å²) in [5, 5.41) is 0.683. The number of carbonyl (C=O) groups excluding carboxylic acids is 2. The molecule has 1 saturated heterocycles. The van der Waals surface area contributed by atoms with Crippen molar-refractivity contribution in [1.82, 2.24) is 4.90 Å². The molecule has 1 aromatic carbocycles. The monoisotopic (exact) mass is 313 g/mol. The third-order valence-corrected chi connectivity index (χ3v) is 4.26. The second-order valence-electron chi connectivity index (χ2n) is 4.55. The number of hydrogen-bond acceptors (Lipinski definition) is 4. The largest absolute Gasteiger partial charge is 0.490 e. The quantitative estimate of drug-likeness (QED) is 0.838. The summed E-state index contributed by atoms with van der Waals surface area (Å²) in [5.41, 5.74) is 0. The summed E-state index contributed by atoms with van der Waals surface area (Å²) in [7, 11) is 0. The fourth-order valence-corrected chi connectivity index (χ4v) is 3.23. The van der Waals surface area contributed by atoms with E-state index >= 15 is 0 Å². The molecule has 0 radical (unpaired) electrons. The van der Waals surface area contributed by atoms with Crippen LogP contribution in [0, 0.1) is 0 Å². The molecule has 0 aliphatic carbocycles. The van der Waals surface area contributed by atoms with Crippen LogP contribution in [0.15, 0.2) is 24.3 Å². The number of para-hydroxylation sites is 1. The molecule has 1 atom stereocenters. The first kappa shape index (κ1) is 15.2. The van der Waals surface area contributed by atoms with Gasteiger partial charge in [0.05, 0.1) is 11.6 Å². The van der Waals surface area contributed by atoms with Crippen molar-refractivity contribution in [3.63, 3.8) is 0 Å². The number of ether oxygens (including phenoxy) is 1. The van der Waals surface area contributed by atoms with Crippen LogP contribution in [0.5, 0.6) is 5.75 Å². The molecule has 1 amide bonds. The van der Waals surface area contributed by atoms with Crippen molar-refractivity contribution in [3.8, 4) is 5.75 Å². The van der Waals surface area contributed by atoms with E-state index in [1.54, 1.807) is 17.0 Å². The predicted molar refractivity (Wildman–Crippen MR) is 80.2 cm³/mol. The molecule has 1 fully saturated rings. The molecule has 2 rings (SSSR count). The summed E-state index contributed by atoms with van der Waals surface area (Å²) in [6.45, 7) is 3.04. The van der Waals surface area contributed by atoms with Gasteiger partial charge in [-0.1, -0.05) is 35.5 Å². The Morgan fingerprint density at radius 3 is 2.95 bits per heavy atom. The minimum Gasteiger partial charge on any atom is -0.490 e. The maximum Gasteiger partial charge on any atom is 0.223 e. The van der Waals surface area contributed by atoms with Crippen molar-refractivity contribution in [2.24, 2.45) is 0 Å². The summed E-state index contributed by atoms with van der Waals surface area (Å²) in [6.07, 6.45) is 0.427. The fraction of sp³-hybridized carbons (Fsp3) is 0.429. The Morgan fingerprint density at radius 2 is 2.25 bits per heavy atom. The highest BCUT2D eigenvalue weighted by molar-refractivity contribution is 8.14. The molecule has 20 heavy (non-hydrogen) atoms. The number of hydrogen-bond donors (Lipinski definition) is 0. The van der Waals surface area contributed by atoms with E-state index in [9.17, 15) is 9.59 Å². The molecule has 0 bridgehead atoms. The lowest BCUT2D eigenvalue weighted by atomic mass is 10.3. The molecule has 0 spiro atoms. The number of thioether (sulfide) groups is 1. The highest BCUT2D eigenvalue weighted by Crippen LogP contribution is 2.25. The van der Waals surface area contributed by atoms with E-state index in [0.29, 0.717) is 36.9 Å². The smallest absolute Gasteiger partial charge is 0.223 e. The lowest BCUT2D eigenvalue weighted by Gasteiger charge is -2.17. The first-order valence-electron chi connectivity index (χ1n) is 6.38. The Balaban J connectivity index is 1.79. The van der Waals surface area contributed by atoms with Crippen LogP contribution in [0.4, 0.5) is 0 Å². The summed E-state index contributed by atoms with van der Waals surface area (Å²) < 4.78 is 5.56. The highest BCUT2D eigenvalue weighted by Gasteiger charge is 2.30. The van der Waals surface area contributed by atoms with Gasteiger partial charge in [0.1, 0.15) is 12.4 Å². The van der Waals surface area contributed by atoms with E-state index in [4.69, 9.17) is 16.3 Å². The molecule has 0 saturated carbocycles. The molecule has 1 unspecified atom stereocenters. The van der Waals surface area contributed by atoms with Crippen LogP contribution in [-0.2, 0) is 9.59 Å². The van der Waals surface area contributed by atoms with Gasteiger partial charge in [-0.05, 0) is 12.1 Å². The van der Waals surface area contributed by atoms with E-state index in [2.05, 4.69) is 0 Å². The van der Waals surface area contributed by atoms with Gasteiger partial charge in [-0.15, -0.1) is 0 Å². The van der Waals surface area contributed by atoms with E-state index in [1.807, 2.05) is 12.1 Å². The zero-order chi connectivity index (χ0) is 14.5. The van der Waals surface area contributed by atoms with Gasteiger partial charge < -0.3 is 9.64 Å². The van der Waals surface area contributed by atoms with Crippen LogP contribution < -0.4 is 4.74 Å². The summed E-state index contributed by atoms with van der Waals surface area (Å²) in [6, 6.07) is 7.24. The van der Waals surface area contributed by atoms with Crippen molar-refractivity contribution in [1.29, 1.82) is 0 Å². The van der Waals surface area contributed by atoms with Gasteiger partial charge in [-0.2, -0.15) is 0 Å². The molecule has 0 N–H and O–H groups in total. The van der Waals surface area contributed by atoms with Crippen molar-refractivity contribution in [2.45, 2.75) is 18.6 Å². The van der Waals surface area contributed by atoms with Gasteiger partial charge in [0.2, 0.25) is 5.91 Å². The number of likely N-dealkylation sites (tertiary alicyclic amines) is 1. The molecule has 6 heteroatoms. The minimum absolute atomic E-state index is 0.0527. The van der Waals surface area contributed by atoms with E-state index in [1.165, 1.54) is 18.7 Å². The van der Waals surface area contributed by atoms with E-state index < -0.39 is 0 Å². The third kappa shape index (κ3) is 4.15. The number of nitrogens with zero attached hydrogens (tertiary/aromatic N) is 1. The molecular formula is C14H16ClNO3S. The Hall–Kier alpha value is -1.20. The maximum atomic E-state index is 11.8. The topological polar surface area (TPSA) is 46.6 Å². The van der Waals surface area contributed by atoms with Crippen molar-refractivity contribution >= 4 is 34.4 Å². The molecule has 1 aromatic rings. The van der Waals surface area contributed by atoms with Crippen LogP contribution in [0.3, 0.4) is 0 Å². The molecule has 108 valence electrons. The number of carbonyl (C=O) groups is 2. The molecule has 1 aliphatic rings. The van der Waals surface area contributed by atoms with Crippen LogP contribution in [0.25, 0.3) is 0 Å². The maximum absolute atomic E-state index is 11.8. The van der Waals surface area contributed by atoms with Gasteiger partial charge in [-0.25, -0.2) is 0 Å². The number of rotatable bonds is 5. The Morgan fingerprint density at radius 1 is 1.50 bits per heavy atom. The summed E-state index contributed by atoms with van der Waals surface area (Å²) in [4.78, 5) is 24.6. The molecule has 0 aromatic heterocycles. The minimum atomic E-state index is 0.0527. The molecular weight excluding hydrogens is 298 g/mol. The summed E-state index contributed by atoms with van der Waals surface area (Å²) in [5.74, 6) is 0.696. The SMILES string of the molecule is CC(=O)SC1CC(=O)N(CCOc2ccccc2Cl)C1. The van der Waals surface area contributed by atoms with Gasteiger partial charge in [0.15, 0.2) is 5.12 Å². The average Bonchev–Trinajstić information content (AvgIpc) is 2.71. The molecule has 1 heterocycles. The second kappa shape index (κ2) is 6.99. The second-order valence-corrected chi connectivity index (χ2v) is 6.44. The standard InChI is InChI=1S/C14H16ClNO3S/c1-10(17)20-11-8-14(18)16(9-11)6-7-19-13-5-3-2-4-12(13)15/h2-5,11H,6-9H2,1H3.